The van der Waals surface area contributed by atoms with Gasteiger partial charge in [-0.05, 0) is 19.8 Å². The van der Waals surface area contributed by atoms with Gasteiger partial charge in [-0.15, -0.1) is 0 Å². The molecule has 0 aliphatic carbocycles. The second kappa shape index (κ2) is 8.98. The topological polar surface area (TPSA) is 67.4 Å². The lowest BCUT2D eigenvalue weighted by Gasteiger charge is -2.09. The fraction of sp³-hybridized carbons (Fsp3) is 0.833. The van der Waals surface area contributed by atoms with E-state index in [4.69, 9.17) is 4.74 Å². The van der Waals surface area contributed by atoms with Crippen LogP contribution in [0.5, 0.6) is 0 Å². The van der Waals surface area contributed by atoms with Crippen molar-refractivity contribution in [3.63, 3.8) is 0 Å². The number of amides is 2. The number of carbonyl (C=O) groups is 2. The average Bonchev–Trinajstić information content (AvgIpc) is 2.20. The summed E-state index contributed by atoms with van der Waals surface area (Å²) >= 11 is 0. The molecule has 0 heterocycles. The van der Waals surface area contributed by atoms with Gasteiger partial charge in [-0.25, -0.2) is 0 Å². The predicted octanol–water partition coefficient (Wildman–Crippen LogP) is 0.690. The fourth-order valence-electron chi connectivity index (χ4n) is 1.17. The van der Waals surface area contributed by atoms with Crippen LogP contribution < -0.4 is 10.6 Å². The minimum absolute atomic E-state index is 0.0350. The SMILES string of the molecule is CC(C)CC(=O)NCC(=O)NCCOC(C)C. The highest BCUT2D eigenvalue weighted by atomic mass is 16.5. The summed E-state index contributed by atoms with van der Waals surface area (Å²) in [6.45, 7) is 8.79. The van der Waals surface area contributed by atoms with E-state index in [0.29, 0.717) is 25.5 Å². The Morgan fingerprint density at radius 3 is 2.24 bits per heavy atom. The Kier molecular flexibility index (Phi) is 8.40. The number of hydrogen-bond acceptors (Lipinski definition) is 3. The lowest BCUT2D eigenvalue weighted by atomic mass is 10.1. The zero-order chi connectivity index (χ0) is 13.3. The van der Waals surface area contributed by atoms with Crippen molar-refractivity contribution in [2.24, 2.45) is 5.92 Å². The van der Waals surface area contributed by atoms with E-state index in [1.165, 1.54) is 0 Å². The summed E-state index contributed by atoms with van der Waals surface area (Å²) in [5.74, 6) is 0.0283. The Hall–Kier alpha value is -1.10. The highest BCUT2D eigenvalue weighted by molar-refractivity contribution is 5.84. The van der Waals surface area contributed by atoms with Gasteiger partial charge < -0.3 is 15.4 Å². The maximum atomic E-state index is 11.3. The predicted molar refractivity (Wildman–Crippen MR) is 66.6 cm³/mol. The minimum atomic E-state index is -0.186. The molecule has 0 radical (unpaired) electrons. The van der Waals surface area contributed by atoms with Crippen molar-refractivity contribution in [1.29, 1.82) is 0 Å². The van der Waals surface area contributed by atoms with Crippen molar-refractivity contribution >= 4 is 11.8 Å². The smallest absolute Gasteiger partial charge is 0.239 e. The number of rotatable bonds is 8. The quantitative estimate of drug-likeness (QED) is 0.617. The monoisotopic (exact) mass is 244 g/mol. The first-order valence-electron chi connectivity index (χ1n) is 6.06. The van der Waals surface area contributed by atoms with Crippen molar-refractivity contribution in [3.05, 3.63) is 0 Å². The highest BCUT2D eigenvalue weighted by Gasteiger charge is 2.06. The summed E-state index contributed by atoms with van der Waals surface area (Å²) < 4.78 is 5.27. The van der Waals surface area contributed by atoms with E-state index in [0.717, 1.165) is 0 Å². The Balaban J connectivity index is 3.49. The zero-order valence-corrected chi connectivity index (χ0v) is 11.2. The summed E-state index contributed by atoms with van der Waals surface area (Å²) in [5.41, 5.74) is 0. The Morgan fingerprint density at radius 1 is 1.06 bits per heavy atom. The Bertz CT molecular complexity index is 240. The molecule has 100 valence electrons. The van der Waals surface area contributed by atoms with Crippen molar-refractivity contribution in [1.82, 2.24) is 10.6 Å². The summed E-state index contributed by atoms with van der Waals surface area (Å²) in [4.78, 5) is 22.6. The van der Waals surface area contributed by atoms with E-state index in [-0.39, 0.29) is 24.5 Å². The normalized spacial score (nSPS) is 10.7. The molecule has 0 saturated heterocycles. The van der Waals surface area contributed by atoms with Crippen molar-refractivity contribution in [3.8, 4) is 0 Å². The third-order valence-corrected chi connectivity index (χ3v) is 1.92. The van der Waals surface area contributed by atoms with E-state index in [9.17, 15) is 9.59 Å². The van der Waals surface area contributed by atoms with E-state index in [1.54, 1.807) is 0 Å². The summed E-state index contributed by atoms with van der Waals surface area (Å²) in [5, 5.41) is 5.24. The van der Waals surface area contributed by atoms with Gasteiger partial charge in [-0.3, -0.25) is 9.59 Å². The zero-order valence-electron chi connectivity index (χ0n) is 11.2. The van der Waals surface area contributed by atoms with E-state index >= 15 is 0 Å². The van der Waals surface area contributed by atoms with Gasteiger partial charge in [-0.1, -0.05) is 13.8 Å². The van der Waals surface area contributed by atoms with Crippen LogP contribution in [0.1, 0.15) is 34.1 Å². The van der Waals surface area contributed by atoms with Crippen molar-refractivity contribution < 1.29 is 14.3 Å². The largest absolute Gasteiger partial charge is 0.377 e. The molecule has 5 heteroatoms. The molecule has 0 rings (SSSR count). The van der Waals surface area contributed by atoms with Crippen LogP contribution in [0.15, 0.2) is 0 Å². The molecule has 0 unspecified atom stereocenters. The molecular weight excluding hydrogens is 220 g/mol. The van der Waals surface area contributed by atoms with Crippen LogP contribution in [0, 0.1) is 5.92 Å². The number of carbonyl (C=O) groups excluding carboxylic acids is 2. The first-order valence-corrected chi connectivity index (χ1v) is 6.06. The second-order valence-corrected chi connectivity index (χ2v) is 4.64. The summed E-state index contributed by atoms with van der Waals surface area (Å²) in [6.07, 6.45) is 0.613. The fourth-order valence-corrected chi connectivity index (χ4v) is 1.17. The maximum Gasteiger partial charge on any atom is 0.239 e. The molecule has 0 aromatic heterocycles. The molecule has 2 N–H and O–H groups in total. The highest BCUT2D eigenvalue weighted by Crippen LogP contribution is 1.97. The molecule has 5 nitrogen and oxygen atoms in total. The summed E-state index contributed by atoms with van der Waals surface area (Å²) in [7, 11) is 0. The van der Waals surface area contributed by atoms with Gasteiger partial charge in [0.25, 0.3) is 0 Å². The third-order valence-electron chi connectivity index (χ3n) is 1.92. The minimum Gasteiger partial charge on any atom is -0.377 e. The molecule has 0 spiro atoms. The molecule has 0 fully saturated rings. The van der Waals surface area contributed by atoms with Crippen molar-refractivity contribution in [2.75, 3.05) is 19.7 Å². The van der Waals surface area contributed by atoms with Gasteiger partial charge in [0.2, 0.25) is 11.8 Å². The molecule has 0 saturated carbocycles. The first kappa shape index (κ1) is 15.9. The van der Waals surface area contributed by atoms with Gasteiger partial charge in [0, 0.05) is 13.0 Å². The number of hydrogen-bond donors (Lipinski definition) is 2. The molecule has 2 amide bonds. The number of nitrogens with one attached hydrogen (secondary N) is 2. The van der Waals surface area contributed by atoms with Crippen LogP contribution in [0.3, 0.4) is 0 Å². The number of ether oxygens (including phenoxy) is 1. The van der Waals surface area contributed by atoms with Gasteiger partial charge >= 0.3 is 0 Å². The molecule has 0 aliphatic rings. The van der Waals surface area contributed by atoms with Crippen LogP contribution in [0.25, 0.3) is 0 Å². The van der Waals surface area contributed by atoms with Gasteiger partial charge in [0.05, 0.1) is 19.3 Å². The molecule has 17 heavy (non-hydrogen) atoms. The van der Waals surface area contributed by atoms with Crippen LogP contribution in [0.4, 0.5) is 0 Å². The molecule has 0 aromatic carbocycles. The van der Waals surface area contributed by atoms with Gasteiger partial charge in [0.15, 0.2) is 0 Å². The molecule has 0 bridgehead atoms. The van der Waals surface area contributed by atoms with Crippen LogP contribution >= 0.6 is 0 Å². The third kappa shape index (κ3) is 11.2. The van der Waals surface area contributed by atoms with Gasteiger partial charge in [-0.2, -0.15) is 0 Å². The molecule has 0 aromatic rings. The van der Waals surface area contributed by atoms with Crippen LogP contribution in [-0.2, 0) is 14.3 Å². The average molecular weight is 244 g/mol. The standard InChI is InChI=1S/C12H24N2O3/c1-9(2)7-11(15)14-8-12(16)13-5-6-17-10(3)4/h9-10H,5-8H2,1-4H3,(H,13,16)(H,14,15). The van der Waals surface area contributed by atoms with E-state index in [1.807, 2.05) is 27.7 Å². The molecule has 0 aliphatic heterocycles. The first-order chi connectivity index (χ1) is 7.91. The van der Waals surface area contributed by atoms with Gasteiger partial charge in [0.1, 0.15) is 0 Å². The lowest BCUT2D eigenvalue weighted by Crippen LogP contribution is -2.38. The maximum absolute atomic E-state index is 11.3. The van der Waals surface area contributed by atoms with E-state index < -0.39 is 0 Å². The van der Waals surface area contributed by atoms with E-state index in [2.05, 4.69) is 10.6 Å². The summed E-state index contributed by atoms with van der Waals surface area (Å²) in [6, 6.07) is 0. The Morgan fingerprint density at radius 2 is 1.71 bits per heavy atom. The lowest BCUT2D eigenvalue weighted by molar-refractivity contribution is -0.126. The van der Waals surface area contributed by atoms with Crippen LogP contribution in [0.2, 0.25) is 0 Å². The van der Waals surface area contributed by atoms with Crippen LogP contribution in [-0.4, -0.2) is 37.6 Å². The second-order valence-electron chi connectivity index (χ2n) is 4.64. The van der Waals surface area contributed by atoms with Crippen molar-refractivity contribution in [2.45, 2.75) is 40.2 Å². The Labute approximate surface area is 103 Å². The molecular formula is C12H24N2O3. The molecule has 0 atom stereocenters.